The molecule has 26 heavy (non-hydrogen) atoms. The number of benzene rings is 1. The summed E-state index contributed by atoms with van der Waals surface area (Å²) < 4.78 is 2.66. The van der Waals surface area contributed by atoms with E-state index in [0.717, 1.165) is 15.6 Å². The zero-order valence-corrected chi connectivity index (χ0v) is 15.1. The maximum absolute atomic E-state index is 11.7. The zero-order valence-electron chi connectivity index (χ0n) is 13.5. The first-order valence-electron chi connectivity index (χ1n) is 7.86. The Balaban J connectivity index is 1.87. The van der Waals surface area contributed by atoms with Crippen LogP contribution in [-0.4, -0.2) is 30.8 Å². The number of aromatic nitrogens is 4. The Bertz CT molecular complexity index is 1090. The van der Waals surface area contributed by atoms with Crippen LogP contribution >= 0.6 is 15.9 Å². The normalized spacial score (nSPS) is 11.0. The molecule has 1 N–H and O–H groups in total. The van der Waals surface area contributed by atoms with Crippen molar-refractivity contribution in [1.29, 1.82) is 0 Å². The van der Waals surface area contributed by atoms with Crippen molar-refractivity contribution in [1.82, 2.24) is 19.7 Å². The monoisotopic (exact) mass is 408 g/mol. The number of hydrogen-bond acceptors (Lipinski definition) is 4. The minimum absolute atomic E-state index is 0.189. The lowest BCUT2D eigenvalue weighted by Crippen LogP contribution is -2.05. The summed E-state index contributed by atoms with van der Waals surface area (Å²) in [5, 5.41) is 14.5. The minimum atomic E-state index is -1.00. The second-order valence-electron chi connectivity index (χ2n) is 5.76. The predicted molar refractivity (Wildman–Crippen MR) is 101 cm³/mol. The quantitative estimate of drug-likeness (QED) is 0.551. The van der Waals surface area contributed by atoms with Gasteiger partial charge in [-0.25, -0.2) is 14.5 Å². The summed E-state index contributed by atoms with van der Waals surface area (Å²) in [6.45, 7) is 0.488. The van der Waals surface area contributed by atoms with Crippen molar-refractivity contribution in [3.63, 3.8) is 0 Å². The van der Waals surface area contributed by atoms with E-state index in [1.165, 1.54) is 0 Å². The highest BCUT2D eigenvalue weighted by atomic mass is 79.9. The predicted octanol–water partition coefficient (Wildman–Crippen LogP) is 4.00. The number of carbonyl (C=O) groups is 1. The Morgan fingerprint density at radius 3 is 2.54 bits per heavy atom. The Labute approximate surface area is 157 Å². The molecule has 0 unspecified atom stereocenters. The molecular formula is C19H13BrN4O2. The molecule has 0 amide bonds. The molecule has 6 nitrogen and oxygen atoms in total. The SMILES string of the molecule is O=C(O)c1cc(-c2ccc(Br)cc2)nc2c1cnn2Cc1ccncc1. The van der Waals surface area contributed by atoms with Gasteiger partial charge < -0.3 is 5.11 Å². The molecule has 0 bridgehead atoms. The van der Waals surface area contributed by atoms with Crippen molar-refractivity contribution in [3.8, 4) is 11.3 Å². The van der Waals surface area contributed by atoms with Crippen molar-refractivity contribution in [2.45, 2.75) is 6.54 Å². The van der Waals surface area contributed by atoms with Crippen LogP contribution in [0.2, 0.25) is 0 Å². The van der Waals surface area contributed by atoms with Gasteiger partial charge in [0.05, 0.1) is 29.4 Å². The highest BCUT2D eigenvalue weighted by Gasteiger charge is 2.17. The van der Waals surface area contributed by atoms with E-state index in [1.807, 2.05) is 36.4 Å². The first-order valence-corrected chi connectivity index (χ1v) is 8.66. The molecule has 0 saturated heterocycles. The maximum Gasteiger partial charge on any atom is 0.336 e. The van der Waals surface area contributed by atoms with Gasteiger partial charge in [-0.2, -0.15) is 5.10 Å². The first-order chi connectivity index (χ1) is 12.6. The van der Waals surface area contributed by atoms with Crippen LogP contribution in [0.15, 0.2) is 65.5 Å². The Hall–Kier alpha value is -3.06. The van der Waals surface area contributed by atoms with Crippen LogP contribution in [0.3, 0.4) is 0 Å². The summed E-state index contributed by atoms with van der Waals surface area (Å²) in [5.41, 5.74) is 3.18. The number of carboxylic acid groups (broad SMARTS) is 1. The second kappa shape index (κ2) is 6.68. The highest BCUT2D eigenvalue weighted by Crippen LogP contribution is 2.26. The van der Waals surface area contributed by atoms with Crippen molar-refractivity contribution < 1.29 is 9.90 Å². The smallest absolute Gasteiger partial charge is 0.336 e. The fourth-order valence-corrected chi connectivity index (χ4v) is 3.03. The number of fused-ring (bicyclic) bond motifs is 1. The van der Waals surface area contributed by atoms with Gasteiger partial charge in [0.15, 0.2) is 5.65 Å². The Morgan fingerprint density at radius 1 is 1.12 bits per heavy atom. The molecule has 7 heteroatoms. The molecule has 3 aromatic heterocycles. The van der Waals surface area contributed by atoms with E-state index in [1.54, 1.807) is 29.3 Å². The number of rotatable bonds is 4. The van der Waals surface area contributed by atoms with Gasteiger partial charge in [0.1, 0.15) is 0 Å². The molecule has 3 heterocycles. The summed E-state index contributed by atoms with van der Waals surface area (Å²) in [7, 11) is 0. The van der Waals surface area contributed by atoms with Crippen molar-refractivity contribution in [2.24, 2.45) is 0 Å². The molecule has 4 rings (SSSR count). The summed E-state index contributed by atoms with van der Waals surface area (Å²) in [4.78, 5) is 20.4. The third-order valence-electron chi connectivity index (χ3n) is 4.06. The number of pyridine rings is 2. The van der Waals surface area contributed by atoms with Crippen LogP contribution in [0, 0.1) is 0 Å². The lowest BCUT2D eigenvalue weighted by atomic mass is 10.1. The lowest BCUT2D eigenvalue weighted by Gasteiger charge is -2.07. The van der Waals surface area contributed by atoms with Crippen molar-refractivity contribution in [2.75, 3.05) is 0 Å². The van der Waals surface area contributed by atoms with Crippen LogP contribution in [0.4, 0.5) is 0 Å². The van der Waals surface area contributed by atoms with E-state index in [9.17, 15) is 9.90 Å². The molecule has 128 valence electrons. The summed E-state index contributed by atoms with van der Waals surface area (Å²) >= 11 is 3.40. The van der Waals surface area contributed by atoms with Crippen LogP contribution in [0.25, 0.3) is 22.3 Å². The van der Waals surface area contributed by atoms with Gasteiger partial charge in [0, 0.05) is 22.4 Å². The molecule has 1 aromatic carbocycles. The topological polar surface area (TPSA) is 80.9 Å². The third kappa shape index (κ3) is 3.09. The number of aromatic carboxylic acids is 1. The maximum atomic E-state index is 11.7. The summed E-state index contributed by atoms with van der Waals surface area (Å²) in [6.07, 6.45) is 4.98. The van der Waals surface area contributed by atoms with E-state index in [0.29, 0.717) is 23.3 Å². The minimum Gasteiger partial charge on any atom is -0.478 e. The van der Waals surface area contributed by atoms with Gasteiger partial charge in [-0.1, -0.05) is 28.1 Å². The largest absolute Gasteiger partial charge is 0.478 e. The van der Waals surface area contributed by atoms with Crippen LogP contribution in [0.5, 0.6) is 0 Å². The molecule has 0 fully saturated rings. The zero-order chi connectivity index (χ0) is 18.1. The number of halogens is 1. The lowest BCUT2D eigenvalue weighted by molar-refractivity contribution is 0.0699. The van der Waals surface area contributed by atoms with Crippen LogP contribution in [0.1, 0.15) is 15.9 Å². The summed E-state index contributed by atoms with van der Waals surface area (Å²) in [6, 6.07) is 13.0. The number of carboxylic acids is 1. The van der Waals surface area contributed by atoms with Crippen molar-refractivity contribution in [3.05, 3.63) is 76.7 Å². The molecule has 0 aliphatic rings. The summed E-state index contributed by atoms with van der Waals surface area (Å²) in [5.74, 6) is -1.00. The first kappa shape index (κ1) is 16.4. The molecular weight excluding hydrogens is 396 g/mol. The van der Waals surface area contributed by atoms with Gasteiger partial charge in [-0.15, -0.1) is 0 Å². The van der Waals surface area contributed by atoms with Gasteiger partial charge in [0.25, 0.3) is 0 Å². The second-order valence-corrected chi connectivity index (χ2v) is 6.68. The fraction of sp³-hybridized carbons (Fsp3) is 0.0526. The Morgan fingerprint density at radius 2 is 1.85 bits per heavy atom. The van der Waals surface area contributed by atoms with E-state index in [-0.39, 0.29) is 5.56 Å². The highest BCUT2D eigenvalue weighted by molar-refractivity contribution is 9.10. The van der Waals surface area contributed by atoms with Crippen LogP contribution in [-0.2, 0) is 6.54 Å². The molecule has 4 aromatic rings. The van der Waals surface area contributed by atoms with E-state index in [2.05, 4.69) is 31.0 Å². The Kier molecular flexibility index (Phi) is 4.22. The molecule has 0 spiro atoms. The third-order valence-corrected chi connectivity index (χ3v) is 4.59. The fourth-order valence-electron chi connectivity index (χ4n) is 2.77. The van der Waals surface area contributed by atoms with Gasteiger partial charge in [-0.3, -0.25) is 4.98 Å². The van der Waals surface area contributed by atoms with Crippen LogP contribution < -0.4 is 0 Å². The number of nitrogens with zero attached hydrogens (tertiary/aromatic N) is 4. The molecule has 0 atom stereocenters. The number of hydrogen-bond donors (Lipinski definition) is 1. The van der Waals surface area contributed by atoms with Gasteiger partial charge >= 0.3 is 5.97 Å². The molecule has 0 radical (unpaired) electrons. The van der Waals surface area contributed by atoms with E-state index in [4.69, 9.17) is 0 Å². The molecule has 0 saturated carbocycles. The van der Waals surface area contributed by atoms with E-state index >= 15 is 0 Å². The average molecular weight is 409 g/mol. The standard InChI is InChI=1S/C19H13BrN4O2/c20-14-3-1-13(2-4-14)17-9-15(19(25)26)16-10-22-24(18(16)23-17)11-12-5-7-21-8-6-12/h1-10H,11H2,(H,25,26). The van der Waals surface area contributed by atoms with E-state index < -0.39 is 5.97 Å². The average Bonchev–Trinajstić information content (AvgIpc) is 3.05. The van der Waals surface area contributed by atoms with Crippen molar-refractivity contribution >= 4 is 32.9 Å². The molecule has 0 aliphatic carbocycles. The van der Waals surface area contributed by atoms with Gasteiger partial charge in [0.2, 0.25) is 0 Å². The molecule has 0 aliphatic heterocycles. The van der Waals surface area contributed by atoms with Gasteiger partial charge in [-0.05, 0) is 35.9 Å².